The van der Waals surface area contributed by atoms with Crippen molar-refractivity contribution in [2.75, 3.05) is 32.5 Å². The number of halogens is 1. The summed E-state index contributed by atoms with van der Waals surface area (Å²) in [5, 5.41) is 0. The topological polar surface area (TPSA) is 72.6 Å². The van der Waals surface area contributed by atoms with Crippen LogP contribution in [0.3, 0.4) is 0 Å². The maximum absolute atomic E-state index is 13.6. The number of likely N-dealkylation sites (N-methyl/N-ethyl adjacent to an activating group) is 1. The van der Waals surface area contributed by atoms with Crippen LogP contribution in [0.25, 0.3) is 0 Å². The number of sulfonamides is 1. The lowest BCUT2D eigenvalue weighted by Crippen LogP contribution is -2.30. The second kappa shape index (κ2) is 6.29. The first kappa shape index (κ1) is 16.2. The monoisotopic (exact) mass is 316 g/mol. The first-order valence-electron chi connectivity index (χ1n) is 6.92. The fourth-order valence-corrected chi connectivity index (χ4v) is 3.05. The Labute approximate surface area is 124 Å². The van der Waals surface area contributed by atoms with E-state index >= 15 is 0 Å². The number of nitrogen functional groups attached to an aromatic ring is 1. The van der Waals surface area contributed by atoms with E-state index in [9.17, 15) is 12.8 Å². The molecule has 1 aliphatic carbocycles. The summed E-state index contributed by atoms with van der Waals surface area (Å²) in [5.74, 6) is 0.0184. The molecular formula is C14H21FN2O3S. The third-order valence-corrected chi connectivity index (χ3v) is 5.50. The van der Waals surface area contributed by atoms with Crippen LogP contribution in [0.4, 0.5) is 10.1 Å². The molecule has 2 N–H and O–H groups in total. The van der Waals surface area contributed by atoms with Gasteiger partial charge in [-0.3, -0.25) is 0 Å². The van der Waals surface area contributed by atoms with Gasteiger partial charge in [0.05, 0.1) is 11.5 Å². The Kier molecular flexibility index (Phi) is 4.85. The zero-order chi connectivity index (χ0) is 15.6. The van der Waals surface area contributed by atoms with E-state index in [1.165, 1.54) is 32.9 Å². The molecule has 2 rings (SSSR count). The molecule has 0 radical (unpaired) electrons. The van der Waals surface area contributed by atoms with Crippen molar-refractivity contribution in [3.05, 3.63) is 23.5 Å². The van der Waals surface area contributed by atoms with Crippen molar-refractivity contribution in [2.24, 2.45) is 5.92 Å². The summed E-state index contributed by atoms with van der Waals surface area (Å²) in [7, 11) is -2.30. The van der Waals surface area contributed by atoms with Crippen molar-refractivity contribution < 1.29 is 17.5 Å². The average Bonchev–Trinajstić information content (AvgIpc) is 3.24. The van der Waals surface area contributed by atoms with Crippen LogP contribution in [0.2, 0.25) is 0 Å². The van der Waals surface area contributed by atoms with Crippen molar-refractivity contribution >= 4 is 15.7 Å². The van der Waals surface area contributed by atoms with Gasteiger partial charge >= 0.3 is 0 Å². The number of nitrogens with two attached hydrogens (primary N) is 1. The van der Waals surface area contributed by atoms with E-state index < -0.39 is 15.8 Å². The smallest absolute Gasteiger partial charge is 0.243 e. The molecule has 118 valence electrons. The number of rotatable bonds is 7. The number of anilines is 1. The van der Waals surface area contributed by atoms with E-state index in [2.05, 4.69) is 0 Å². The van der Waals surface area contributed by atoms with Gasteiger partial charge in [-0.05, 0) is 37.8 Å². The summed E-state index contributed by atoms with van der Waals surface area (Å²) in [6.07, 6.45) is 2.38. The molecule has 0 spiro atoms. The third-order valence-electron chi connectivity index (χ3n) is 3.67. The summed E-state index contributed by atoms with van der Waals surface area (Å²) < 4.78 is 44.9. The quantitative estimate of drug-likeness (QED) is 0.614. The normalized spacial score (nSPS) is 15.6. The maximum atomic E-state index is 13.6. The standard InChI is InChI=1S/C14H21FN2O3S/c1-10-13(15)7-12(8-14(10)16)21(18,19)17(2)5-6-20-9-11-3-4-11/h7-8,11H,3-6,9,16H2,1-2H3. The Morgan fingerprint density at radius 1 is 1.43 bits per heavy atom. The summed E-state index contributed by atoms with van der Waals surface area (Å²) in [5.41, 5.74) is 6.02. The number of nitrogens with zero attached hydrogens (tertiary/aromatic N) is 1. The molecule has 0 heterocycles. The highest BCUT2D eigenvalue weighted by atomic mass is 32.2. The molecule has 1 saturated carbocycles. The Morgan fingerprint density at radius 2 is 2.10 bits per heavy atom. The van der Waals surface area contributed by atoms with E-state index in [1.807, 2.05) is 0 Å². The van der Waals surface area contributed by atoms with Gasteiger partial charge in [0.2, 0.25) is 10.0 Å². The molecule has 1 aliphatic rings. The Balaban J connectivity index is 2.01. The molecular weight excluding hydrogens is 295 g/mol. The lowest BCUT2D eigenvalue weighted by Gasteiger charge is -2.18. The first-order chi connectivity index (χ1) is 9.82. The van der Waals surface area contributed by atoms with Gasteiger partial charge in [0, 0.05) is 31.5 Å². The minimum atomic E-state index is -3.75. The molecule has 1 aromatic carbocycles. The zero-order valence-electron chi connectivity index (χ0n) is 12.3. The van der Waals surface area contributed by atoms with Crippen LogP contribution in [0.1, 0.15) is 18.4 Å². The summed E-state index contributed by atoms with van der Waals surface area (Å²) in [4.78, 5) is -0.132. The minimum Gasteiger partial charge on any atom is -0.398 e. The largest absolute Gasteiger partial charge is 0.398 e. The molecule has 0 bridgehead atoms. The number of hydrogen-bond donors (Lipinski definition) is 1. The fourth-order valence-electron chi connectivity index (χ4n) is 1.85. The molecule has 0 aromatic heterocycles. The second-order valence-electron chi connectivity index (χ2n) is 5.46. The van der Waals surface area contributed by atoms with E-state index in [0.29, 0.717) is 19.1 Å². The maximum Gasteiger partial charge on any atom is 0.243 e. The van der Waals surface area contributed by atoms with Crippen molar-refractivity contribution in [3.63, 3.8) is 0 Å². The van der Waals surface area contributed by atoms with Crippen LogP contribution in [0.5, 0.6) is 0 Å². The number of ether oxygens (including phenoxy) is 1. The molecule has 0 atom stereocenters. The lowest BCUT2D eigenvalue weighted by atomic mass is 10.2. The molecule has 0 amide bonds. The number of hydrogen-bond acceptors (Lipinski definition) is 4. The van der Waals surface area contributed by atoms with Crippen molar-refractivity contribution in [1.82, 2.24) is 4.31 Å². The Bertz CT molecular complexity index is 592. The highest BCUT2D eigenvalue weighted by molar-refractivity contribution is 7.89. The molecule has 0 unspecified atom stereocenters. The lowest BCUT2D eigenvalue weighted by molar-refractivity contribution is 0.117. The summed E-state index contributed by atoms with van der Waals surface area (Å²) in [6, 6.07) is 2.29. The van der Waals surface area contributed by atoms with Crippen LogP contribution >= 0.6 is 0 Å². The van der Waals surface area contributed by atoms with Gasteiger partial charge in [0.15, 0.2) is 0 Å². The van der Waals surface area contributed by atoms with E-state index in [0.717, 1.165) is 10.4 Å². The molecule has 0 saturated heterocycles. The summed E-state index contributed by atoms with van der Waals surface area (Å²) in [6.45, 7) is 2.75. The van der Waals surface area contributed by atoms with E-state index in [-0.39, 0.29) is 22.7 Å². The van der Waals surface area contributed by atoms with Crippen molar-refractivity contribution in [3.8, 4) is 0 Å². The molecule has 0 aliphatic heterocycles. The van der Waals surface area contributed by atoms with Gasteiger partial charge in [0.25, 0.3) is 0 Å². The average molecular weight is 316 g/mol. The zero-order valence-corrected chi connectivity index (χ0v) is 13.1. The molecule has 1 fully saturated rings. The van der Waals surface area contributed by atoms with Gasteiger partial charge in [-0.15, -0.1) is 0 Å². The van der Waals surface area contributed by atoms with Crippen LogP contribution in [-0.2, 0) is 14.8 Å². The van der Waals surface area contributed by atoms with Gasteiger partial charge < -0.3 is 10.5 Å². The van der Waals surface area contributed by atoms with Gasteiger partial charge in [0.1, 0.15) is 5.82 Å². The highest BCUT2D eigenvalue weighted by Crippen LogP contribution is 2.28. The molecule has 7 heteroatoms. The predicted molar refractivity (Wildman–Crippen MR) is 78.9 cm³/mol. The minimum absolute atomic E-state index is 0.131. The van der Waals surface area contributed by atoms with E-state index in [1.54, 1.807) is 0 Å². The van der Waals surface area contributed by atoms with Crippen LogP contribution in [0.15, 0.2) is 17.0 Å². The fraction of sp³-hybridized carbons (Fsp3) is 0.571. The predicted octanol–water partition coefficient (Wildman–Crippen LogP) is 1.76. The van der Waals surface area contributed by atoms with Crippen LogP contribution in [0, 0.1) is 18.7 Å². The Hall–Kier alpha value is -1.18. The number of benzene rings is 1. The Morgan fingerprint density at radius 3 is 2.67 bits per heavy atom. The molecule has 21 heavy (non-hydrogen) atoms. The van der Waals surface area contributed by atoms with Gasteiger partial charge in [-0.1, -0.05) is 0 Å². The third kappa shape index (κ3) is 3.93. The summed E-state index contributed by atoms with van der Waals surface area (Å²) >= 11 is 0. The first-order valence-corrected chi connectivity index (χ1v) is 8.36. The van der Waals surface area contributed by atoms with Crippen LogP contribution < -0.4 is 5.73 Å². The van der Waals surface area contributed by atoms with Crippen molar-refractivity contribution in [2.45, 2.75) is 24.7 Å². The van der Waals surface area contributed by atoms with E-state index in [4.69, 9.17) is 10.5 Å². The molecule has 5 nitrogen and oxygen atoms in total. The van der Waals surface area contributed by atoms with Gasteiger partial charge in [-0.2, -0.15) is 4.31 Å². The second-order valence-corrected chi connectivity index (χ2v) is 7.51. The molecule has 1 aromatic rings. The van der Waals surface area contributed by atoms with Gasteiger partial charge in [-0.25, -0.2) is 12.8 Å². The SMILES string of the molecule is Cc1c(N)cc(S(=O)(=O)N(C)CCOCC2CC2)cc1F. The highest BCUT2D eigenvalue weighted by Gasteiger charge is 2.24. The van der Waals surface area contributed by atoms with Crippen LogP contribution in [-0.4, -0.2) is 39.5 Å². The van der Waals surface area contributed by atoms with Crippen molar-refractivity contribution in [1.29, 1.82) is 0 Å².